The summed E-state index contributed by atoms with van der Waals surface area (Å²) in [5, 5.41) is 9.40. The van der Waals surface area contributed by atoms with Crippen molar-refractivity contribution in [2.45, 2.75) is 62.9 Å². The Morgan fingerprint density at radius 1 is 1.22 bits per heavy atom. The number of thioether (sulfide) groups is 2. The lowest BCUT2D eigenvalue weighted by Gasteiger charge is -2.27. The number of hydrogen-bond acceptors (Lipinski definition) is 5. The van der Waals surface area contributed by atoms with Gasteiger partial charge in [-0.3, -0.25) is 4.79 Å². The largest absolute Gasteiger partial charge is 0.496 e. The fourth-order valence-electron chi connectivity index (χ4n) is 3.09. The first kappa shape index (κ1) is 26.5. The quantitative estimate of drug-likeness (QED) is 0.448. The summed E-state index contributed by atoms with van der Waals surface area (Å²) < 4.78 is 4.85. The van der Waals surface area contributed by atoms with Gasteiger partial charge in [-0.15, -0.1) is 23.5 Å². The number of carboxylic acid groups (broad SMARTS) is 1. The number of ether oxygens (including phenoxy) is 1. The van der Waals surface area contributed by atoms with Gasteiger partial charge in [0, 0.05) is 40.3 Å². The van der Waals surface area contributed by atoms with Crippen molar-refractivity contribution in [3.8, 4) is 5.75 Å². The van der Waals surface area contributed by atoms with Crippen molar-refractivity contribution in [2.24, 2.45) is 5.92 Å². The van der Waals surface area contributed by atoms with Crippen LogP contribution in [-0.2, 0) is 10.5 Å². The monoisotopic (exact) mass is 475 g/mol. The van der Waals surface area contributed by atoms with Crippen molar-refractivity contribution in [3.63, 3.8) is 0 Å². The van der Waals surface area contributed by atoms with E-state index >= 15 is 0 Å². The van der Waals surface area contributed by atoms with E-state index in [9.17, 15) is 9.90 Å². The minimum absolute atomic E-state index is 0.548. The molecule has 2 aromatic carbocycles. The molecule has 4 nitrogen and oxygen atoms in total. The van der Waals surface area contributed by atoms with Crippen molar-refractivity contribution in [2.75, 3.05) is 24.3 Å². The van der Waals surface area contributed by atoms with Crippen molar-refractivity contribution in [1.29, 1.82) is 0 Å². The second-order valence-corrected chi connectivity index (χ2v) is 11.3. The van der Waals surface area contributed by atoms with E-state index in [0.29, 0.717) is 11.7 Å². The average Bonchev–Trinajstić information content (AvgIpc) is 2.96. The third-order valence-corrected chi connectivity index (χ3v) is 8.07. The third kappa shape index (κ3) is 7.11. The molecule has 0 fully saturated rings. The molecule has 0 aliphatic carbocycles. The maximum absolute atomic E-state index is 11.4. The van der Waals surface area contributed by atoms with Crippen molar-refractivity contribution >= 4 is 40.9 Å². The molecule has 0 radical (unpaired) electrons. The zero-order chi connectivity index (χ0) is 23.7. The van der Waals surface area contributed by atoms with E-state index < -0.39 is 10.7 Å². The number of benzene rings is 2. The van der Waals surface area contributed by atoms with Crippen LogP contribution in [0.25, 0.3) is 0 Å². The number of rotatable bonds is 7. The van der Waals surface area contributed by atoms with Crippen LogP contribution in [0.2, 0.25) is 0 Å². The second kappa shape index (κ2) is 12.4. The van der Waals surface area contributed by atoms with Crippen LogP contribution in [0.1, 0.15) is 53.0 Å². The maximum atomic E-state index is 11.4. The number of carboxylic acids is 1. The summed E-state index contributed by atoms with van der Waals surface area (Å²) >= 11 is 3.29. The third-order valence-electron chi connectivity index (χ3n) is 5.34. The van der Waals surface area contributed by atoms with Gasteiger partial charge in [0.25, 0.3) is 0 Å². The molecule has 176 valence electrons. The molecule has 0 amide bonds. The molecule has 1 atom stereocenters. The van der Waals surface area contributed by atoms with Crippen LogP contribution in [0, 0.1) is 5.92 Å². The van der Waals surface area contributed by atoms with Gasteiger partial charge >= 0.3 is 5.97 Å². The van der Waals surface area contributed by atoms with Crippen LogP contribution in [0.15, 0.2) is 47.4 Å². The number of fused-ring (bicyclic) bond motifs is 1. The van der Waals surface area contributed by atoms with Crippen LogP contribution < -0.4 is 9.64 Å². The minimum Gasteiger partial charge on any atom is -0.496 e. The smallest absolute Gasteiger partial charge is 0.319 e. The summed E-state index contributed by atoms with van der Waals surface area (Å²) in [7, 11) is 1.68. The van der Waals surface area contributed by atoms with Crippen molar-refractivity contribution < 1.29 is 14.6 Å². The van der Waals surface area contributed by atoms with Gasteiger partial charge in [0.05, 0.1) is 12.8 Å². The molecule has 6 heteroatoms. The van der Waals surface area contributed by atoms with Gasteiger partial charge in [-0.1, -0.05) is 51.8 Å². The molecular weight excluding hydrogens is 438 g/mol. The normalized spacial score (nSPS) is 15.8. The summed E-state index contributed by atoms with van der Waals surface area (Å²) in [4.78, 5) is 15.0. The molecule has 1 heterocycles. The highest BCUT2D eigenvalue weighted by atomic mass is 32.2. The Hall–Kier alpha value is -1.79. The Morgan fingerprint density at radius 3 is 2.44 bits per heavy atom. The van der Waals surface area contributed by atoms with Crippen LogP contribution >= 0.6 is 23.5 Å². The molecule has 1 N–H and O–H groups in total. The standard InChI is InChI=1S/C22H27NO3S2.C4H10/c1-15-12-23(17-8-6-5-7-9-17)18-11-19(26-4)16(10-20(18)27-13-15)14-28-22(2,3)21(24)25;1-3-4-2/h5-11,15H,12-14H2,1-4H3,(H,24,25);3-4H2,1-2H3. The fourth-order valence-corrected chi connectivity index (χ4v) is 5.07. The number of carbonyl (C=O) groups is 1. The molecule has 1 aliphatic rings. The summed E-state index contributed by atoms with van der Waals surface area (Å²) in [5.74, 6) is 2.20. The Labute approximate surface area is 202 Å². The highest BCUT2D eigenvalue weighted by Crippen LogP contribution is 2.44. The molecule has 1 unspecified atom stereocenters. The molecule has 1 aliphatic heterocycles. The fraction of sp³-hybridized carbons (Fsp3) is 0.500. The maximum Gasteiger partial charge on any atom is 0.319 e. The van der Waals surface area contributed by atoms with Gasteiger partial charge in [-0.2, -0.15) is 0 Å². The van der Waals surface area contributed by atoms with E-state index in [2.05, 4.69) is 62.1 Å². The van der Waals surface area contributed by atoms with Gasteiger partial charge in [-0.05, 0) is 38.0 Å². The van der Waals surface area contributed by atoms with E-state index in [-0.39, 0.29) is 0 Å². The zero-order valence-corrected chi connectivity index (χ0v) is 21.8. The number of para-hydroxylation sites is 1. The molecule has 0 spiro atoms. The van der Waals surface area contributed by atoms with Gasteiger partial charge in [0.2, 0.25) is 0 Å². The van der Waals surface area contributed by atoms with Crippen LogP contribution in [0.4, 0.5) is 11.4 Å². The number of anilines is 2. The lowest BCUT2D eigenvalue weighted by Crippen LogP contribution is -2.27. The van der Waals surface area contributed by atoms with E-state index in [1.54, 1.807) is 21.0 Å². The molecule has 0 bridgehead atoms. The lowest BCUT2D eigenvalue weighted by atomic mass is 10.1. The number of unbranched alkanes of at least 4 members (excludes halogenated alkanes) is 1. The topological polar surface area (TPSA) is 49.8 Å². The first-order valence-corrected chi connectivity index (χ1v) is 13.2. The van der Waals surface area contributed by atoms with Crippen molar-refractivity contribution in [1.82, 2.24) is 0 Å². The Morgan fingerprint density at radius 2 is 1.88 bits per heavy atom. The number of aliphatic carboxylic acids is 1. The molecule has 0 saturated heterocycles. The number of hydrogen-bond donors (Lipinski definition) is 1. The Bertz CT molecular complexity index is 869. The lowest BCUT2D eigenvalue weighted by molar-refractivity contribution is -0.138. The number of nitrogens with zero attached hydrogens (tertiary/aromatic N) is 1. The van der Waals surface area contributed by atoms with E-state index in [4.69, 9.17) is 4.74 Å². The summed E-state index contributed by atoms with van der Waals surface area (Å²) in [6, 6.07) is 14.7. The molecule has 32 heavy (non-hydrogen) atoms. The second-order valence-electron chi connectivity index (χ2n) is 8.60. The number of methoxy groups -OCH3 is 1. The van der Waals surface area contributed by atoms with E-state index in [1.807, 2.05) is 17.8 Å². The Balaban J connectivity index is 0.000000837. The molecule has 3 rings (SSSR count). The zero-order valence-electron chi connectivity index (χ0n) is 20.2. The first-order valence-electron chi connectivity index (χ1n) is 11.3. The first-order chi connectivity index (χ1) is 15.2. The minimum atomic E-state index is -0.838. The molecule has 0 saturated carbocycles. The average molecular weight is 476 g/mol. The Kier molecular flexibility index (Phi) is 10.3. The SMILES string of the molecule is CCCC.COc1cc2c(cc1CSC(C)(C)C(=O)O)SCC(C)CN2c1ccccc1. The summed E-state index contributed by atoms with van der Waals surface area (Å²) in [6.07, 6.45) is 2.64. The van der Waals surface area contributed by atoms with Gasteiger partial charge in [-0.25, -0.2) is 0 Å². The highest BCUT2D eigenvalue weighted by Gasteiger charge is 2.29. The van der Waals surface area contributed by atoms with Crippen molar-refractivity contribution in [3.05, 3.63) is 48.0 Å². The van der Waals surface area contributed by atoms with Crippen LogP contribution in [-0.4, -0.2) is 35.2 Å². The van der Waals surface area contributed by atoms with Gasteiger partial charge < -0.3 is 14.7 Å². The predicted octanol–water partition coefficient (Wildman–Crippen LogP) is 7.48. The van der Waals surface area contributed by atoms with E-state index in [0.717, 1.165) is 29.3 Å². The van der Waals surface area contributed by atoms with Crippen LogP contribution in [0.3, 0.4) is 0 Å². The van der Waals surface area contributed by atoms with Gasteiger partial charge in [0.1, 0.15) is 10.5 Å². The summed E-state index contributed by atoms with van der Waals surface area (Å²) in [5.41, 5.74) is 3.37. The highest BCUT2D eigenvalue weighted by molar-refractivity contribution is 8.00. The molecule has 0 aromatic heterocycles. The molecule has 2 aromatic rings. The van der Waals surface area contributed by atoms with Gasteiger partial charge in [0.15, 0.2) is 0 Å². The van der Waals surface area contributed by atoms with Crippen LogP contribution in [0.5, 0.6) is 5.75 Å². The molecular formula is C26H37NO3S2. The van der Waals surface area contributed by atoms with E-state index in [1.165, 1.54) is 35.2 Å². The predicted molar refractivity (Wildman–Crippen MR) is 140 cm³/mol. The summed E-state index contributed by atoms with van der Waals surface area (Å²) in [6.45, 7) is 11.1.